The predicted octanol–water partition coefficient (Wildman–Crippen LogP) is 3.42. The van der Waals surface area contributed by atoms with Crippen LogP contribution in [0.4, 0.5) is 4.39 Å². The van der Waals surface area contributed by atoms with Crippen molar-refractivity contribution >= 4 is 11.8 Å². The highest BCUT2D eigenvalue weighted by Gasteiger charge is 2.21. The van der Waals surface area contributed by atoms with Crippen LogP contribution >= 0.6 is 0 Å². The number of benzene rings is 2. The lowest BCUT2D eigenvalue weighted by atomic mass is 10.0. The average molecular weight is 394 g/mol. The van der Waals surface area contributed by atoms with Gasteiger partial charge in [0, 0.05) is 19.2 Å². The maximum atomic E-state index is 13.2. The van der Waals surface area contributed by atoms with Crippen molar-refractivity contribution in [3.63, 3.8) is 0 Å². The first-order chi connectivity index (χ1) is 13.9. The van der Waals surface area contributed by atoms with Crippen LogP contribution in [0.15, 0.2) is 54.7 Å². The molecule has 3 aromatic rings. The lowest BCUT2D eigenvalue weighted by molar-refractivity contribution is 0.0947. The standard InChI is InChI=1S/C22H23FN4O2/c1-14(2)20-19(13-26-27(20)18-9-7-17(23)8-10-18)22(29)25-12-15-5-4-6-16(11-15)21(28)24-3/h4-11,13-14H,12H2,1-3H3,(H,24,28)(H,25,29). The largest absolute Gasteiger partial charge is 0.355 e. The lowest BCUT2D eigenvalue weighted by Crippen LogP contribution is -2.24. The number of hydrogen-bond acceptors (Lipinski definition) is 3. The maximum absolute atomic E-state index is 13.2. The Bertz CT molecular complexity index is 1030. The zero-order chi connectivity index (χ0) is 21.0. The van der Waals surface area contributed by atoms with Gasteiger partial charge in [0.2, 0.25) is 0 Å². The van der Waals surface area contributed by atoms with Crippen LogP contribution in [0, 0.1) is 5.82 Å². The number of rotatable bonds is 6. The second kappa shape index (κ2) is 8.68. The number of nitrogens with one attached hydrogen (secondary N) is 2. The number of carbonyl (C=O) groups is 2. The average Bonchev–Trinajstić information content (AvgIpc) is 3.17. The fraction of sp³-hybridized carbons (Fsp3) is 0.227. The van der Waals surface area contributed by atoms with Crippen LogP contribution in [-0.2, 0) is 6.54 Å². The van der Waals surface area contributed by atoms with E-state index < -0.39 is 0 Å². The molecule has 0 aliphatic carbocycles. The molecule has 0 unspecified atom stereocenters. The van der Waals surface area contributed by atoms with E-state index in [0.717, 1.165) is 11.3 Å². The Balaban J connectivity index is 1.81. The zero-order valence-corrected chi connectivity index (χ0v) is 16.6. The summed E-state index contributed by atoms with van der Waals surface area (Å²) < 4.78 is 14.9. The summed E-state index contributed by atoms with van der Waals surface area (Å²) in [5, 5.41) is 9.81. The number of carbonyl (C=O) groups excluding carboxylic acids is 2. The highest BCUT2D eigenvalue weighted by molar-refractivity contribution is 5.96. The van der Waals surface area contributed by atoms with Crippen molar-refractivity contribution in [2.24, 2.45) is 0 Å². The SMILES string of the molecule is CNC(=O)c1cccc(CNC(=O)c2cnn(-c3ccc(F)cc3)c2C(C)C)c1. The van der Waals surface area contributed by atoms with Gasteiger partial charge >= 0.3 is 0 Å². The molecule has 0 saturated heterocycles. The van der Waals surface area contributed by atoms with E-state index in [4.69, 9.17) is 0 Å². The third-order valence-corrected chi connectivity index (χ3v) is 4.54. The van der Waals surface area contributed by atoms with Crippen LogP contribution in [0.1, 0.15) is 51.7 Å². The summed E-state index contributed by atoms with van der Waals surface area (Å²) in [5.41, 5.74) is 3.25. The molecule has 150 valence electrons. The van der Waals surface area contributed by atoms with Gasteiger partial charge in [0.1, 0.15) is 5.82 Å². The molecule has 0 bridgehead atoms. The number of amides is 2. The monoisotopic (exact) mass is 394 g/mol. The van der Waals surface area contributed by atoms with E-state index in [1.165, 1.54) is 18.3 Å². The van der Waals surface area contributed by atoms with Crippen molar-refractivity contribution < 1.29 is 14.0 Å². The second-order valence-electron chi connectivity index (χ2n) is 6.95. The Hall–Kier alpha value is -3.48. The van der Waals surface area contributed by atoms with Crippen molar-refractivity contribution in [2.45, 2.75) is 26.3 Å². The van der Waals surface area contributed by atoms with Gasteiger partial charge in [-0.1, -0.05) is 26.0 Å². The normalized spacial score (nSPS) is 10.8. The molecule has 0 atom stereocenters. The van der Waals surface area contributed by atoms with E-state index in [1.54, 1.807) is 42.1 Å². The second-order valence-corrected chi connectivity index (χ2v) is 6.95. The fourth-order valence-corrected chi connectivity index (χ4v) is 3.12. The smallest absolute Gasteiger partial charge is 0.255 e. The van der Waals surface area contributed by atoms with E-state index in [9.17, 15) is 14.0 Å². The Labute approximate surface area is 168 Å². The Morgan fingerprint density at radius 1 is 1.10 bits per heavy atom. The molecule has 7 heteroatoms. The zero-order valence-electron chi connectivity index (χ0n) is 16.6. The molecule has 1 aromatic heterocycles. The summed E-state index contributed by atoms with van der Waals surface area (Å²) in [6.45, 7) is 4.23. The first kappa shape index (κ1) is 20.3. The minimum Gasteiger partial charge on any atom is -0.355 e. The molecular weight excluding hydrogens is 371 g/mol. The molecule has 2 amide bonds. The maximum Gasteiger partial charge on any atom is 0.255 e. The van der Waals surface area contributed by atoms with Crippen LogP contribution in [0.2, 0.25) is 0 Å². The van der Waals surface area contributed by atoms with Crippen LogP contribution < -0.4 is 10.6 Å². The minimum absolute atomic E-state index is 0.0277. The van der Waals surface area contributed by atoms with Gasteiger partial charge in [0.05, 0.1) is 23.1 Å². The van der Waals surface area contributed by atoms with Crippen LogP contribution in [0.25, 0.3) is 5.69 Å². The summed E-state index contributed by atoms with van der Waals surface area (Å²) in [7, 11) is 1.57. The van der Waals surface area contributed by atoms with Crippen molar-refractivity contribution in [2.75, 3.05) is 7.05 Å². The molecule has 0 fully saturated rings. The molecule has 0 aliphatic rings. The van der Waals surface area contributed by atoms with Gasteiger partial charge in [-0.05, 0) is 47.9 Å². The highest BCUT2D eigenvalue weighted by atomic mass is 19.1. The third kappa shape index (κ3) is 4.51. The van der Waals surface area contributed by atoms with Gasteiger partial charge in [-0.25, -0.2) is 9.07 Å². The summed E-state index contributed by atoms with van der Waals surface area (Å²) in [6.07, 6.45) is 1.52. The summed E-state index contributed by atoms with van der Waals surface area (Å²) in [4.78, 5) is 24.6. The van der Waals surface area contributed by atoms with Crippen molar-refractivity contribution in [1.82, 2.24) is 20.4 Å². The van der Waals surface area contributed by atoms with Crippen LogP contribution in [-0.4, -0.2) is 28.6 Å². The van der Waals surface area contributed by atoms with E-state index in [-0.39, 0.29) is 30.1 Å². The third-order valence-electron chi connectivity index (χ3n) is 4.54. The molecule has 0 saturated carbocycles. The van der Waals surface area contributed by atoms with Crippen molar-refractivity contribution in [3.8, 4) is 5.69 Å². The summed E-state index contributed by atoms with van der Waals surface area (Å²) >= 11 is 0. The van der Waals surface area contributed by atoms with E-state index >= 15 is 0 Å². The molecule has 3 rings (SSSR count). The van der Waals surface area contributed by atoms with Crippen molar-refractivity contribution in [1.29, 1.82) is 0 Å². The summed E-state index contributed by atoms with van der Waals surface area (Å²) in [5.74, 6) is -0.739. The first-order valence-electron chi connectivity index (χ1n) is 9.33. The van der Waals surface area contributed by atoms with Gasteiger partial charge in [0.15, 0.2) is 0 Å². The fourth-order valence-electron chi connectivity index (χ4n) is 3.12. The predicted molar refractivity (Wildman–Crippen MR) is 109 cm³/mol. The topological polar surface area (TPSA) is 76.0 Å². The molecular formula is C22H23FN4O2. The summed E-state index contributed by atoms with van der Waals surface area (Å²) in [6, 6.07) is 13.1. The number of aromatic nitrogens is 2. The Kier molecular flexibility index (Phi) is 6.07. The Morgan fingerprint density at radius 2 is 1.83 bits per heavy atom. The molecule has 2 aromatic carbocycles. The molecule has 29 heavy (non-hydrogen) atoms. The van der Waals surface area contributed by atoms with Crippen LogP contribution in [0.3, 0.4) is 0 Å². The van der Waals surface area contributed by atoms with Gasteiger partial charge in [-0.3, -0.25) is 9.59 Å². The van der Waals surface area contributed by atoms with E-state index in [1.807, 2.05) is 19.9 Å². The molecule has 6 nitrogen and oxygen atoms in total. The molecule has 0 aliphatic heterocycles. The van der Waals surface area contributed by atoms with Crippen LogP contribution in [0.5, 0.6) is 0 Å². The molecule has 0 spiro atoms. The quantitative estimate of drug-likeness (QED) is 0.673. The van der Waals surface area contributed by atoms with Crippen molar-refractivity contribution in [3.05, 3.63) is 82.9 Å². The van der Waals surface area contributed by atoms with Gasteiger partial charge < -0.3 is 10.6 Å². The Morgan fingerprint density at radius 3 is 2.48 bits per heavy atom. The van der Waals surface area contributed by atoms with E-state index in [2.05, 4.69) is 15.7 Å². The van der Waals surface area contributed by atoms with Gasteiger partial charge in [0.25, 0.3) is 11.8 Å². The highest BCUT2D eigenvalue weighted by Crippen LogP contribution is 2.23. The lowest BCUT2D eigenvalue weighted by Gasteiger charge is -2.13. The first-order valence-corrected chi connectivity index (χ1v) is 9.33. The number of nitrogens with zero attached hydrogens (tertiary/aromatic N) is 2. The van der Waals surface area contributed by atoms with Gasteiger partial charge in [-0.2, -0.15) is 5.10 Å². The molecule has 0 radical (unpaired) electrons. The minimum atomic E-state index is -0.330. The molecule has 1 heterocycles. The number of halogens is 1. The number of hydrogen-bond donors (Lipinski definition) is 2. The van der Waals surface area contributed by atoms with E-state index in [0.29, 0.717) is 16.8 Å². The van der Waals surface area contributed by atoms with Gasteiger partial charge in [-0.15, -0.1) is 0 Å². The molecule has 2 N–H and O–H groups in total.